The highest BCUT2D eigenvalue weighted by molar-refractivity contribution is 5.38. The molecule has 18 heavy (non-hydrogen) atoms. The highest BCUT2D eigenvalue weighted by Crippen LogP contribution is 2.32. The van der Waals surface area contributed by atoms with Crippen molar-refractivity contribution in [3.8, 4) is 5.75 Å². The van der Waals surface area contributed by atoms with Crippen LogP contribution in [-0.2, 0) is 6.42 Å². The smallest absolute Gasteiger partial charge is 0.119 e. The van der Waals surface area contributed by atoms with Crippen LogP contribution in [0.5, 0.6) is 5.75 Å². The Balaban J connectivity index is 2.00. The lowest BCUT2D eigenvalue weighted by Crippen LogP contribution is -2.21. The van der Waals surface area contributed by atoms with E-state index >= 15 is 0 Å². The summed E-state index contributed by atoms with van der Waals surface area (Å²) in [6.07, 6.45) is 3.16. The van der Waals surface area contributed by atoms with E-state index in [1.807, 2.05) is 18.2 Å². The third-order valence-electron chi connectivity index (χ3n) is 3.38. The number of aliphatic hydroxyl groups is 2. The van der Waals surface area contributed by atoms with Gasteiger partial charge in [0.25, 0.3) is 0 Å². The Morgan fingerprint density at radius 3 is 2.89 bits per heavy atom. The van der Waals surface area contributed by atoms with Crippen LogP contribution in [0.3, 0.4) is 0 Å². The van der Waals surface area contributed by atoms with E-state index in [2.05, 4.69) is 0 Å². The first kappa shape index (κ1) is 13.4. The van der Waals surface area contributed by atoms with Crippen LogP contribution in [0.4, 0.5) is 0 Å². The molecule has 0 heterocycles. The second-order valence-electron chi connectivity index (χ2n) is 5.68. The molecule has 100 valence electrons. The van der Waals surface area contributed by atoms with Gasteiger partial charge in [-0.05, 0) is 56.4 Å². The zero-order chi connectivity index (χ0) is 13.2. The predicted molar refractivity (Wildman–Crippen MR) is 70.7 cm³/mol. The molecule has 3 heteroatoms. The Morgan fingerprint density at radius 2 is 2.17 bits per heavy atom. The quantitative estimate of drug-likeness (QED) is 0.863. The minimum Gasteiger partial charge on any atom is -0.493 e. The molecule has 0 amide bonds. The number of aliphatic hydroxyl groups excluding tert-OH is 1. The highest BCUT2D eigenvalue weighted by atomic mass is 16.5. The number of rotatable bonds is 4. The van der Waals surface area contributed by atoms with Crippen molar-refractivity contribution in [2.24, 2.45) is 0 Å². The second kappa shape index (κ2) is 5.29. The molecule has 0 aromatic heterocycles. The average molecular weight is 250 g/mol. The molecule has 2 N–H and O–H groups in total. The molecule has 0 spiro atoms. The van der Waals surface area contributed by atoms with Crippen LogP contribution in [0.2, 0.25) is 0 Å². The molecule has 0 saturated carbocycles. The van der Waals surface area contributed by atoms with Gasteiger partial charge in [-0.15, -0.1) is 0 Å². The first-order valence-electron chi connectivity index (χ1n) is 6.62. The van der Waals surface area contributed by atoms with Gasteiger partial charge in [0, 0.05) is 6.42 Å². The van der Waals surface area contributed by atoms with Crippen LogP contribution in [-0.4, -0.2) is 22.4 Å². The minimum atomic E-state index is -0.701. The molecular formula is C15H22O3. The number of hydrogen-bond donors (Lipinski definition) is 2. The zero-order valence-corrected chi connectivity index (χ0v) is 11.1. The van der Waals surface area contributed by atoms with Gasteiger partial charge < -0.3 is 14.9 Å². The maximum absolute atomic E-state index is 9.94. The average Bonchev–Trinajstić information content (AvgIpc) is 2.28. The van der Waals surface area contributed by atoms with E-state index in [0.717, 1.165) is 30.6 Å². The van der Waals surface area contributed by atoms with Crippen molar-refractivity contribution in [3.05, 3.63) is 29.3 Å². The first-order valence-corrected chi connectivity index (χ1v) is 6.62. The standard InChI is InChI=1S/C15H22O3/c1-15(2,17)8-9-18-12-7-6-11-4-3-5-14(16)13(11)10-12/h6-7,10,14,16-17H,3-5,8-9H2,1-2H3/t14-/m0/s1. The summed E-state index contributed by atoms with van der Waals surface area (Å²) in [6.45, 7) is 4.03. The Kier molecular flexibility index (Phi) is 3.93. The lowest BCUT2D eigenvalue weighted by molar-refractivity contribution is 0.0552. The molecular weight excluding hydrogens is 228 g/mol. The van der Waals surface area contributed by atoms with E-state index in [0.29, 0.717) is 13.0 Å². The molecule has 0 saturated heterocycles. The Bertz CT molecular complexity index is 407. The largest absolute Gasteiger partial charge is 0.493 e. The first-order chi connectivity index (χ1) is 8.46. The Hall–Kier alpha value is -1.06. The van der Waals surface area contributed by atoms with Gasteiger partial charge in [-0.2, -0.15) is 0 Å². The number of aryl methyl sites for hydroxylation is 1. The lowest BCUT2D eigenvalue weighted by atomic mass is 9.89. The molecule has 1 aliphatic carbocycles. The summed E-state index contributed by atoms with van der Waals surface area (Å²) in [5.74, 6) is 0.777. The Labute approximate surface area is 108 Å². The minimum absolute atomic E-state index is 0.355. The van der Waals surface area contributed by atoms with E-state index in [4.69, 9.17) is 4.74 Å². The van der Waals surface area contributed by atoms with E-state index in [1.54, 1.807) is 13.8 Å². The third kappa shape index (κ3) is 3.47. The van der Waals surface area contributed by atoms with Crippen molar-refractivity contribution in [2.45, 2.75) is 51.2 Å². The van der Waals surface area contributed by atoms with Gasteiger partial charge in [-0.1, -0.05) is 6.07 Å². The molecule has 0 fully saturated rings. The van der Waals surface area contributed by atoms with Crippen molar-refractivity contribution in [1.82, 2.24) is 0 Å². The fourth-order valence-corrected chi connectivity index (χ4v) is 2.26. The van der Waals surface area contributed by atoms with Gasteiger partial charge in [-0.3, -0.25) is 0 Å². The van der Waals surface area contributed by atoms with Crippen LogP contribution in [0.15, 0.2) is 18.2 Å². The van der Waals surface area contributed by atoms with Crippen molar-refractivity contribution in [2.75, 3.05) is 6.61 Å². The summed E-state index contributed by atoms with van der Waals surface area (Å²) in [5.41, 5.74) is 1.53. The predicted octanol–water partition coefficient (Wildman–Crippen LogP) is 2.60. The molecule has 0 bridgehead atoms. The molecule has 0 unspecified atom stereocenters. The van der Waals surface area contributed by atoms with Gasteiger partial charge in [0.15, 0.2) is 0 Å². The summed E-state index contributed by atoms with van der Waals surface area (Å²) in [4.78, 5) is 0. The lowest BCUT2D eigenvalue weighted by Gasteiger charge is -2.22. The molecule has 1 atom stereocenters. The van der Waals surface area contributed by atoms with Gasteiger partial charge >= 0.3 is 0 Å². The molecule has 3 nitrogen and oxygen atoms in total. The molecule has 0 radical (unpaired) electrons. The van der Waals surface area contributed by atoms with Gasteiger partial charge in [-0.25, -0.2) is 0 Å². The number of ether oxygens (including phenoxy) is 1. The fourth-order valence-electron chi connectivity index (χ4n) is 2.26. The summed E-state index contributed by atoms with van der Waals surface area (Å²) >= 11 is 0. The summed E-state index contributed by atoms with van der Waals surface area (Å²) in [6, 6.07) is 5.92. The van der Waals surface area contributed by atoms with Crippen LogP contribution in [0, 0.1) is 0 Å². The van der Waals surface area contributed by atoms with E-state index in [-0.39, 0.29) is 6.10 Å². The van der Waals surface area contributed by atoms with Crippen molar-refractivity contribution in [1.29, 1.82) is 0 Å². The second-order valence-corrected chi connectivity index (χ2v) is 5.68. The molecule has 2 rings (SSSR count). The molecule has 1 aromatic carbocycles. The maximum atomic E-state index is 9.94. The van der Waals surface area contributed by atoms with Crippen LogP contribution in [0.25, 0.3) is 0 Å². The van der Waals surface area contributed by atoms with Crippen molar-refractivity contribution < 1.29 is 14.9 Å². The summed E-state index contributed by atoms with van der Waals surface area (Å²) in [5, 5.41) is 19.6. The number of hydrogen-bond acceptors (Lipinski definition) is 3. The van der Waals surface area contributed by atoms with Crippen LogP contribution < -0.4 is 4.74 Å². The van der Waals surface area contributed by atoms with E-state index in [1.165, 1.54) is 5.56 Å². The number of fused-ring (bicyclic) bond motifs is 1. The highest BCUT2D eigenvalue weighted by Gasteiger charge is 2.18. The van der Waals surface area contributed by atoms with Gasteiger partial charge in [0.2, 0.25) is 0 Å². The third-order valence-corrected chi connectivity index (χ3v) is 3.38. The monoisotopic (exact) mass is 250 g/mol. The normalized spacial score (nSPS) is 19.4. The van der Waals surface area contributed by atoms with E-state index in [9.17, 15) is 10.2 Å². The molecule has 1 aliphatic rings. The topological polar surface area (TPSA) is 49.7 Å². The van der Waals surface area contributed by atoms with Crippen LogP contribution in [0.1, 0.15) is 50.3 Å². The maximum Gasteiger partial charge on any atom is 0.119 e. The number of benzene rings is 1. The van der Waals surface area contributed by atoms with Gasteiger partial charge in [0.05, 0.1) is 18.3 Å². The fraction of sp³-hybridized carbons (Fsp3) is 0.600. The van der Waals surface area contributed by atoms with Crippen molar-refractivity contribution in [3.63, 3.8) is 0 Å². The van der Waals surface area contributed by atoms with Crippen molar-refractivity contribution >= 4 is 0 Å². The Morgan fingerprint density at radius 1 is 1.39 bits per heavy atom. The van der Waals surface area contributed by atoms with Crippen LogP contribution >= 0.6 is 0 Å². The van der Waals surface area contributed by atoms with E-state index < -0.39 is 5.60 Å². The summed E-state index contributed by atoms with van der Waals surface area (Å²) in [7, 11) is 0. The van der Waals surface area contributed by atoms with Gasteiger partial charge in [0.1, 0.15) is 5.75 Å². The summed E-state index contributed by atoms with van der Waals surface area (Å²) < 4.78 is 5.63. The SMILES string of the molecule is CC(C)(O)CCOc1ccc2c(c1)[C@@H](O)CCC2. The molecule has 1 aromatic rings. The molecule has 0 aliphatic heterocycles. The zero-order valence-electron chi connectivity index (χ0n) is 11.1.